The van der Waals surface area contributed by atoms with E-state index in [1.807, 2.05) is 7.05 Å². The van der Waals surface area contributed by atoms with Crippen LogP contribution in [0.2, 0.25) is 0 Å². The van der Waals surface area contributed by atoms with Crippen molar-refractivity contribution >= 4 is 21.8 Å². The van der Waals surface area contributed by atoms with Crippen molar-refractivity contribution in [2.75, 3.05) is 33.2 Å². The van der Waals surface area contributed by atoms with E-state index in [1.54, 1.807) is 4.90 Å². The van der Waals surface area contributed by atoms with E-state index < -0.39 is 11.7 Å². The van der Waals surface area contributed by atoms with Crippen molar-refractivity contribution < 1.29 is 18.0 Å². The van der Waals surface area contributed by atoms with Gasteiger partial charge in [0.2, 0.25) is 0 Å². The Morgan fingerprint density at radius 2 is 1.80 bits per heavy atom. The second-order valence-corrected chi connectivity index (χ2v) is 5.64. The van der Waals surface area contributed by atoms with Gasteiger partial charge in [-0.25, -0.2) is 0 Å². The average Bonchev–Trinajstić information content (AvgIpc) is 2.38. The third-order valence-electron chi connectivity index (χ3n) is 3.31. The molecule has 0 unspecified atom stereocenters. The standard InChI is InChI=1S/C13H14BrF3N2O/c1-18-4-6-19(7-5-18)12(20)10-8-9(13(15,16)17)2-3-11(10)14/h2-3,8H,4-7H2,1H3. The van der Waals surface area contributed by atoms with Crippen LogP contribution in [0.25, 0.3) is 0 Å². The first-order valence-electron chi connectivity index (χ1n) is 6.13. The monoisotopic (exact) mass is 350 g/mol. The number of benzene rings is 1. The lowest BCUT2D eigenvalue weighted by molar-refractivity contribution is -0.137. The van der Waals surface area contributed by atoms with E-state index >= 15 is 0 Å². The Labute approximate surface area is 123 Å². The maximum atomic E-state index is 12.7. The van der Waals surface area contributed by atoms with Gasteiger partial charge in [-0.15, -0.1) is 0 Å². The minimum absolute atomic E-state index is 0.0596. The predicted molar refractivity (Wildman–Crippen MR) is 72.5 cm³/mol. The molecule has 0 N–H and O–H groups in total. The third kappa shape index (κ3) is 3.32. The van der Waals surface area contributed by atoms with Crippen molar-refractivity contribution in [1.29, 1.82) is 0 Å². The summed E-state index contributed by atoms with van der Waals surface area (Å²) in [5, 5.41) is 0. The molecule has 0 atom stereocenters. The summed E-state index contributed by atoms with van der Waals surface area (Å²) in [5.41, 5.74) is -0.748. The Morgan fingerprint density at radius 1 is 1.20 bits per heavy atom. The molecule has 0 saturated carbocycles. The number of carbonyl (C=O) groups is 1. The highest BCUT2D eigenvalue weighted by Crippen LogP contribution is 2.32. The summed E-state index contributed by atoms with van der Waals surface area (Å²) >= 11 is 3.15. The zero-order valence-electron chi connectivity index (χ0n) is 10.9. The topological polar surface area (TPSA) is 23.6 Å². The summed E-state index contributed by atoms with van der Waals surface area (Å²) in [5.74, 6) is -0.365. The molecule has 1 aliphatic rings. The van der Waals surface area contributed by atoms with Gasteiger partial charge in [0.05, 0.1) is 11.1 Å². The molecule has 1 amide bonds. The number of nitrogens with zero attached hydrogens (tertiary/aromatic N) is 2. The highest BCUT2D eigenvalue weighted by molar-refractivity contribution is 9.10. The largest absolute Gasteiger partial charge is 0.416 e. The maximum Gasteiger partial charge on any atom is 0.416 e. The zero-order valence-corrected chi connectivity index (χ0v) is 12.5. The minimum atomic E-state index is -4.45. The van der Waals surface area contributed by atoms with Crippen LogP contribution in [-0.4, -0.2) is 48.9 Å². The summed E-state index contributed by atoms with van der Waals surface area (Å²) < 4.78 is 38.5. The van der Waals surface area contributed by atoms with Crippen molar-refractivity contribution in [2.45, 2.75) is 6.18 Å². The highest BCUT2D eigenvalue weighted by atomic mass is 79.9. The fourth-order valence-corrected chi connectivity index (χ4v) is 2.46. The predicted octanol–water partition coefficient (Wildman–Crippen LogP) is 2.86. The summed E-state index contributed by atoms with van der Waals surface area (Å²) in [6.45, 7) is 2.50. The zero-order chi connectivity index (χ0) is 14.9. The Morgan fingerprint density at radius 3 is 2.35 bits per heavy atom. The third-order valence-corrected chi connectivity index (χ3v) is 4.01. The van der Waals surface area contributed by atoms with Crippen molar-refractivity contribution in [3.63, 3.8) is 0 Å². The van der Waals surface area contributed by atoms with Crippen LogP contribution in [0.3, 0.4) is 0 Å². The highest BCUT2D eigenvalue weighted by Gasteiger charge is 2.32. The molecular formula is C13H14BrF3N2O. The first kappa shape index (κ1) is 15.3. The van der Waals surface area contributed by atoms with Crippen LogP contribution in [0.4, 0.5) is 13.2 Å². The van der Waals surface area contributed by atoms with Gasteiger partial charge in [0.15, 0.2) is 0 Å². The lowest BCUT2D eigenvalue weighted by Crippen LogP contribution is -2.47. The molecule has 2 rings (SSSR count). The second-order valence-electron chi connectivity index (χ2n) is 4.79. The van der Waals surface area contributed by atoms with Crippen LogP contribution in [-0.2, 0) is 6.18 Å². The normalized spacial score (nSPS) is 17.4. The van der Waals surface area contributed by atoms with Gasteiger partial charge in [0.1, 0.15) is 0 Å². The Kier molecular flexibility index (Phi) is 4.39. The summed E-state index contributed by atoms with van der Waals surface area (Å²) in [7, 11) is 1.95. The van der Waals surface area contributed by atoms with Gasteiger partial charge < -0.3 is 9.80 Å². The van der Waals surface area contributed by atoms with Crippen LogP contribution in [0.5, 0.6) is 0 Å². The van der Waals surface area contributed by atoms with Crippen LogP contribution >= 0.6 is 15.9 Å². The Balaban J connectivity index is 2.25. The van der Waals surface area contributed by atoms with E-state index in [0.29, 0.717) is 17.6 Å². The number of amides is 1. The van der Waals surface area contributed by atoms with Crippen molar-refractivity contribution in [3.8, 4) is 0 Å². The number of alkyl halides is 3. The molecule has 1 aliphatic heterocycles. The van der Waals surface area contributed by atoms with Gasteiger partial charge in [-0.2, -0.15) is 13.2 Å². The Bertz CT molecular complexity index is 511. The molecule has 0 spiro atoms. The number of rotatable bonds is 1. The van der Waals surface area contributed by atoms with E-state index in [2.05, 4.69) is 20.8 Å². The first-order chi connectivity index (χ1) is 9.29. The minimum Gasteiger partial charge on any atom is -0.336 e. The SMILES string of the molecule is CN1CCN(C(=O)c2cc(C(F)(F)F)ccc2Br)CC1. The molecule has 3 nitrogen and oxygen atoms in total. The number of likely N-dealkylation sites (N-methyl/N-ethyl adjacent to an activating group) is 1. The Hall–Kier alpha value is -1.08. The number of hydrogen-bond donors (Lipinski definition) is 0. The van der Waals surface area contributed by atoms with Crippen LogP contribution in [0.1, 0.15) is 15.9 Å². The fraction of sp³-hybridized carbons (Fsp3) is 0.462. The molecule has 1 aromatic rings. The second kappa shape index (κ2) is 5.73. The van der Waals surface area contributed by atoms with Crippen molar-refractivity contribution in [3.05, 3.63) is 33.8 Å². The van der Waals surface area contributed by atoms with E-state index in [-0.39, 0.29) is 11.5 Å². The van der Waals surface area contributed by atoms with E-state index in [4.69, 9.17) is 0 Å². The summed E-state index contributed by atoms with van der Waals surface area (Å²) in [6, 6.07) is 3.14. The average molecular weight is 351 g/mol. The van der Waals surface area contributed by atoms with Crippen molar-refractivity contribution in [2.24, 2.45) is 0 Å². The lowest BCUT2D eigenvalue weighted by Gasteiger charge is -2.32. The van der Waals surface area contributed by atoms with Gasteiger partial charge in [-0.3, -0.25) is 4.79 Å². The molecule has 7 heteroatoms. The van der Waals surface area contributed by atoms with E-state index in [1.165, 1.54) is 6.07 Å². The van der Waals surface area contributed by atoms with Gasteiger partial charge in [-0.05, 0) is 41.2 Å². The number of piperazine rings is 1. The number of hydrogen-bond acceptors (Lipinski definition) is 2. The molecule has 1 aromatic carbocycles. The molecular weight excluding hydrogens is 337 g/mol. The molecule has 1 saturated heterocycles. The van der Waals surface area contributed by atoms with Crippen molar-refractivity contribution in [1.82, 2.24) is 9.80 Å². The molecule has 110 valence electrons. The van der Waals surface area contributed by atoms with Crippen LogP contribution in [0, 0.1) is 0 Å². The van der Waals surface area contributed by atoms with E-state index in [9.17, 15) is 18.0 Å². The van der Waals surface area contributed by atoms with Gasteiger partial charge in [0, 0.05) is 30.7 Å². The molecule has 1 heterocycles. The van der Waals surface area contributed by atoms with Gasteiger partial charge in [-0.1, -0.05) is 0 Å². The smallest absolute Gasteiger partial charge is 0.336 e. The molecule has 0 aliphatic carbocycles. The van der Waals surface area contributed by atoms with Crippen LogP contribution < -0.4 is 0 Å². The molecule has 0 aromatic heterocycles. The molecule has 0 bridgehead atoms. The van der Waals surface area contributed by atoms with E-state index in [0.717, 1.165) is 25.2 Å². The molecule has 0 radical (unpaired) electrons. The van der Waals surface area contributed by atoms with Gasteiger partial charge >= 0.3 is 6.18 Å². The first-order valence-corrected chi connectivity index (χ1v) is 6.93. The quantitative estimate of drug-likeness (QED) is 0.777. The summed E-state index contributed by atoms with van der Waals surface area (Å²) in [4.78, 5) is 16.0. The lowest BCUT2D eigenvalue weighted by atomic mass is 10.1. The summed E-state index contributed by atoms with van der Waals surface area (Å²) in [6.07, 6.45) is -4.45. The number of halogens is 4. The molecule has 20 heavy (non-hydrogen) atoms. The van der Waals surface area contributed by atoms with Crippen LogP contribution in [0.15, 0.2) is 22.7 Å². The fourth-order valence-electron chi connectivity index (χ4n) is 2.05. The van der Waals surface area contributed by atoms with Gasteiger partial charge in [0.25, 0.3) is 5.91 Å². The number of carbonyl (C=O) groups excluding carboxylic acids is 1. The maximum absolute atomic E-state index is 12.7. The molecule has 1 fully saturated rings.